The number of hydrogen-bond acceptors (Lipinski definition) is 3. The highest BCUT2D eigenvalue weighted by Crippen LogP contribution is 2.30. The van der Waals surface area contributed by atoms with Crippen LogP contribution in [0.4, 0.5) is 5.95 Å². The molecule has 1 aromatic heterocycles. The molecule has 3 heterocycles. The summed E-state index contributed by atoms with van der Waals surface area (Å²) in [6, 6.07) is 8.12. The standard InChI is InChI=1S/C18H24N4O/c1-13(14-6-8-19-9-7-14)12-17(23)22-11-10-21-16-5-3-2-4-15(16)20-18(21)22/h2-5,13-14,19H,6-12H2,1H3. The van der Waals surface area contributed by atoms with Crippen LogP contribution in [0.15, 0.2) is 24.3 Å². The van der Waals surface area contributed by atoms with Crippen LogP contribution in [-0.4, -0.2) is 35.1 Å². The first-order valence-corrected chi connectivity index (χ1v) is 8.70. The number of hydrogen-bond donors (Lipinski definition) is 1. The van der Waals surface area contributed by atoms with Crippen LogP contribution >= 0.6 is 0 Å². The number of carbonyl (C=O) groups excluding carboxylic acids is 1. The summed E-state index contributed by atoms with van der Waals surface area (Å²) in [6.07, 6.45) is 3.01. The van der Waals surface area contributed by atoms with Gasteiger partial charge in [-0.05, 0) is 49.9 Å². The molecule has 0 spiro atoms. The van der Waals surface area contributed by atoms with Gasteiger partial charge in [0.2, 0.25) is 11.9 Å². The summed E-state index contributed by atoms with van der Waals surface area (Å²) < 4.78 is 2.17. The molecule has 23 heavy (non-hydrogen) atoms. The van der Waals surface area contributed by atoms with Crippen LogP contribution in [0.5, 0.6) is 0 Å². The summed E-state index contributed by atoms with van der Waals surface area (Å²) in [7, 11) is 0. The van der Waals surface area contributed by atoms with Crippen LogP contribution < -0.4 is 10.2 Å². The van der Waals surface area contributed by atoms with Gasteiger partial charge in [0.05, 0.1) is 11.0 Å². The number of rotatable bonds is 3. The molecule has 1 atom stereocenters. The zero-order valence-electron chi connectivity index (χ0n) is 13.7. The molecule has 4 rings (SSSR count). The molecule has 1 unspecified atom stereocenters. The van der Waals surface area contributed by atoms with E-state index in [4.69, 9.17) is 0 Å². The van der Waals surface area contributed by atoms with Gasteiger partial charge < -0.3 is 9.88 Å². The van der Waals surface area contributed by atoms with Gasteiger partial charge in [0.25, 0.3) is 0 Å². The highest BCUT2D eigenvalue weighted by Gasteiger charge is 2.30. The zero-order valence-corrected chi connectivity index (χ0v) is 13.7. The molecule has 2 aliphatic heterocycles. The van der Waals surface area contributed by atoms with Gasteiger partial charge >= 0.3 is 0 Å². The molecule has 0 saturated carbocycles. The fourth-order valence-corrected chi connectivity index (χ4v) is 3.99. The summed E-state index contributed by atoms with van der Waals surface area (Å²) >= 11 is 0. The predicted molar refractivity (Wildman–Crippen MR) is 91.5 cm³/mol. The molecule has 1 fully saturated rings. The lowest BCUT2D eigenvalue weighted by atomic mass is 9.84. The van der Waals surface area contributed by atoms with E-state index in [1.807, 2.05) is 23.1 Å². The third-order valence-corrected chi connectivity index (χ3v) is 5.41. The number of imidazole rings is 1. The first-order chi connectivity index (χ1) is 11.2. The third kappa shape index (κ3) is 2.63. The van der Waals surface area contributed by atoms with Gasteiger partial charge in [-0.15, -0.1) is 0 Å². The molecule has 2 aliphatic rings. The highest BCUT2D eigenvalue weighted by molar-refractivity contribution is 5.95. The van der Waals surface area contributed by atoms with Crippen molar-refractivity contribution in [2.75, 3.05) is 24.5 Å². The van der Waals surface area contributed by atoms with Crippen LogP contribution in [0, 0.1) is 11.8 Å². The van der Waals surface area contributed by atoms with Crippen molar-refractivity contribution in [2.24, 2.45) is 11.8 Å². The Morgan fingerprint density at radius 3 is 2.91 bits per heavy atom. The maximum absolute atomic E-state index is 12.8. The lowest BCUT2D eigenvalue weighted by Crippen LogP contribution is -2.35. The van der Waals surface area contributed by atoms with Crippen LogP contribution in [0.25, 0.3) is 11.0 Å². The lowest BCUT2D eigenvalue weighted by molar-refractivity contribution is -0.119. The molecule has 1 N–H and O–H groups in total. The number of nitrogens with one attached hydrogen (secondary N) is 1. The number of amides is 1. The second kappa shape index (κ2) is 5.96. The summed E-state index contributed by atoms with van der Waals surface area (Å²) in [5.41, 5.74) is 2.11. The monoisotopic (exact) mass is 312 g/mol. The molecule has 1 aromatic carbocycles. The molecule has 0 aliphatic carbocycles. The van der Waals surface area contributed by atoms with Crippen molar-refractivity contribution in [3.63, 3.8) is 0 Å². The summed E-state index contributed by atoms with van der Waals surface area (Å²) in [6.45, 7) is 6.01. The SMILES string of the molecule is CC(CC(=O)N1CCn2c1nc1ccccc12)C1CCNCC1. The van der Waals surface area contributed by atoms with Crippen molar-refractivity contribution < 1.29 is 4.79 Å². The van der Waals surface area contributed by atoms with Crippen LogP contribution in [0.1, 0.15) is 26.2 Å². The number of piperidine rings is 1. The Morgan fingerprint density at radius 2 is 2.09 bits per heavy atom. The fourth-order valence-electron chi connectivity index (χ4n) is 3.99. The van der Waals surface area contributed by atoms with Crippen molar-refractivity contribution in [2.45, 2.75) is 32.7 Å². The molecular weight excluding hydrogens is 288 g/mol. The topological polar surface area (TPSA) is 50.2 Å². The molecule has 0 bridgehead atoms. The summed E-state index contributed by atoms with van der Waals surface area (Å²) in [4.78, 5) is 19.4. The van der Waals surface area contributed by atoms with Gasteiger partial charge in [0.15, 0.2) is 0 Å². The Balaban J connectivity index is 1.50. The minimum Gasteiger partial charge on any atom is -0.317 e. The Bertz CT molecular complexity index is 717. The number of aromatic nitrogens is 2. The van der Waals surface area contributed by atoms with E-state index in [1.165, 1.54) is 12.8 Å². The average molecular weight is 312 g/mol. The number of anilines is 1. The van der Waals surface area contributed by atoms with Crippen molar-refractivity contribution in [1.82, 2.24) is 14.9 Å². The van der Waals surface area contributed by atoms with E-state index < -0.39 is 0 Å². The van der Waals surface area contributed by atoms with Gasteiger partial charge in [-0.25, -0.2) is 4.98 Å². The van der Waals surface area contributed by atoms with Gasteiger partial charge in [-0.2, -0.15) is 0 Å². The number of fused-ring (bicyclic) bond motifs is 3. The highest BCUT2D eigenvalue weighted by atomic mass is 16.2. The van der Waals surface area contributed by atoms with Crippen molar-refractivity contribution in [1.29, 1.82) is 0 Å². The van der Waals surface area contributed by atoms with Crippen LogP contribution in [-0.2, 0) is 11.3 Å². The van der Waals surface area contributed by atoms with E-state index in [0.717, 1.165) is 43.2 Å². The van der Waals surface area contributed by atoms with Gasteiger partial charge in [0.1, 0.15) is 0 Å². The molecule has 1 saturated heterocycles. The molecule has 122 valence electrons. The number of benzene rings is 1. The van der Waals surface area contributed by atoms with E-state index in [1.54, 1.807) is 0 Å². The van der Waals surface area contributed by atoms with Gasteiger partial charge in [-0.3, -0.25) is 9.69 Å². The largest absolute Gasteiger partial charge is 0.317 e. The van der Waals surface area contributed by atoms with Gasteiger partial charge in [0, 0.05) is 19.5 Å². The Hall–Kier alpha value is -1.88. The van der Waals surface area contributed by atoms with Crippen molar-refractivity contribution in [3.8, 4) is 0 Å². The molecule has 1 amide bonds. The minimum atomic E-state index is 0.227. The molecule has 5 heteroatoms. The first kappa shape index (κ1) is 14.7. The van der Waals surface area contributed by atoms with Crippen LogP contribution in [0.3, 0.4) is 0 Å². The Kier molecular flexibility index (Phi) is 3.81. The lowest BCUT2D eigenvalue weighted by Gasteiger charge is -2.28. The molecule has 0 radical (unpaired) electrons. The average Bonchev–Trinajstić information content (AvgIpc) is 3.14. The smallest absolute Gasteiger partial charge is 0.229 e. The van der Waals surface area contributed by atoms with E-state index in [-0.39, 0.29) is 5.91 Å². The maximum Gasteiger partial charge on any atom is 0.229 e. The quantitative estimate of drug-likeness (QED) is 0.947. The second-order valence-corrected chi connectivity index (χ2v) is 6.87. The Morgan fingerprint density at radius 1 is 1.30 bits per heavy atom. The number of nitrogens with zero attached hydrogens (tertiary/aromatic N) is 3. The Labute approximate surface area is 136 Å². The first-order valence-electron chi connectivity index (χ1n) is 8.70. The molecule has 5 nitrogen and oxygen atoms in total. The zero-order chi connectivity index (χ0) is 15.8. The van der Waals surface area contributed by atoms with Crippen molar-refractivity contribution >= 4 is 22.9 Å². The second-order valence-electron chi connectivity index (χ2n) is 6.87. The maximum atomic E-state index is 12.8. The van der Waals surface area contributed by atoms with E-state index in [2.05, 4.69) is 27.9 Å². The molecular formula is C18H24N4O. The van der Waals surface area contributed by atoms with Crippen molar-refractivity contribution in [3.05, 3.63) is 24.3 Å². The van der Waals surface area contributed by atoms with E-state index >= 15 is 0 Å². The molecule has 2 aromatic rings. The number of carbonyl (C=O) groups is 1. The van der Waals surface area contributed by atoms with Crippen LogP contribution in [0.2, 0.25) is 0 Å². The normalized spacial score (nSPS) is 20.0. The van der Waals surface area contributed by atoms with E-state index in [0.29, 0.717) is 18.3 Å². The predicted octanol–water partition coefficient (Wildman–Crippen LogP) is 2.41. The third-order valence-electron chi connectivity index (χ3n) is 5.41. The van der Waals surface area contributed by atoms with E-state index in [9.17, 15) is 4.79 Å². The fraction of sp³-hybridized carbons (Fsp3) is 0.556. The van der Waals surface area contributed by atoms with Gasteiger partial charge in [-0.1, -0.05) is 19.1 Å². The summed E-state index contributed by atoms with van der Waals surface area (Å²) in [5, 5.41) is 3.40. The minimum absolute atomic E-state index is 0.227. The summed E-state index contributed by atoms with van der Waals surface area (Å²) in [5.74, 6) is 2.17. The number of para-hydroxylation sites is 2.